The van der Waals surface area contributed by atoms with Crippen LogP contribution < -0.4 is 0 Å². The Kier molecular flexibility index (Phi) is 3.19. The van der Waals surface area contributed by atoms with Crippen LogP contribution >= 0.6 is 0 Å². The molecule has 5 nitrogen and oxygen atoms in total. The second-order valence-corrected chi connectivity index (χ2v) is 4.47. The summed E-state index contributed by atoms with van der Waals surface area (Å²) in [6.45, 7) is 0. The highest BCUT2D eigenvalue weighted by atomic mass is 19.4. The highest BCUT2D eigenvalue weighted by molar-refractivity contribution is 5.57. The lowest BCUT2D eigenvalue weighted by Gasteiger charge is -2.04. The molecule has 3 aromatic rings. The summed E-state index contributed by atoms with van der Waals surface area (Å²) in [6.07, 6.45) is -4.53. The van der Waals surface area contributed by atoms with E-state index in [1.165, 1.54) is 31.3 Å². The van der Waals surface area contributed by atoms with Gasteiger partial charge in [-0.2, -0.15) is 23.3 Å². The maximum atomic E-state index is 12.8. The molecule has 9 heteroatoms. The molecule has 0 radical (unpaired) electrons. The number of aryl methyl sites for hydroxylation is 1. The standard InChI is InChI=1S/C13H8F4N4O/c1-21-10(13(15,16)17)6-9(19-21)12-18-11(20-22-12)7-2-4-8(14)5-3-7/h2-6H,1H3. The molecule has 0 aliphatic rings. The van der Waals surface area contributed by atoms with E-state index in [-0.39, 0.29) is 17.4 Å². The molecule has 0 aliphatic heterocycles. The maximum Gasteiger partial charge on any atom is 0.433 e. The smallest absolute Gasteiger partial charge is 0.332 e. The molecular formula is C13H8F4N4O. The molecule has 2 aromatic heterocycles. The van der Waals surface area contributed by atoms with Crippen LogP contribution in [0, 0.1) is 5.82 Å². The molecule has 0 spiro atoms. The zero-order chi connectivity index (χ0) is 15.9. The minimum absolute atomic E-state index is 0.0873. The van der Waals surface area contributed by atoms with Crippen LogP contribution in [-0.4, -0.2) is 19.9 Å². The van der Waals surface area contributed by atoms with Crippen molar-refractivity contribution in [2.75, 3.05) is 0 Å². The van der Waals surface area contributed by atoms with E-state index in [2.05, 4.69) is 15.2 Å². The molecule has 0 saturated carbocycles. The van der Waals surface area contributed by atoms with E-state index in [0.29, 0.717) is 10.2 Å². The van der Waals surface area contributed by atoms with Gasteiger partial charge in [0.1, 0.15) is 11.5 Å². The summed E-state index contributed by atoms with van der Waals surface area (Å²) in [6, 6.07) is 6.12. The van der Waals surface area contributed by atoms with Gasteiger partial charge in [0.25, 0.3) is 5.89 Å². The normalized spacial score (nSPS) is 11.9. The van der Waals surface area contributed by atoms with Crippen molar-refractivity contribution in [1.82, 2.24) is 19.9 Å². The van der Waals surface area contributed by atoms with Crippen molar-refractivity contribution < 1.29 is 22.1 Å². The number of hydrogen-bond acceptors (Lipinski definition) is 4. The van der Waals surface area contributed by atoms with Gasteiger partial charge >= 0.3 is 6.18 Å². The number of aromatic nitrogens is 4. The Morgan fingerprint density at radius 3 is 2.41 bits per heavy atom. The molecule has 0 atom stereocenters. The van der Waals surface area contributed by atoms with Crippen molar-refractivity contribution in [3.63, 3.8) is 0 Å². The molecule has 22 heavy (non-hydrogen) atoms. The van der Waals surface area contributed by atoms with Crippen LogP contribution in [0.5, 0.6) is 0 Å². The van der Waals surface area contributed by atoms with Crippen molar-refractivity contribution in [2.24, 2.45) is 7.05 Å². The van der Waals surface area contributed by atoms with Gasteiger partial charge in [-0.05, 0) is 24.3 Å². The molecule has 2 heterocycles. The number of alkyl halides is 3. The first-order chi connectivity index (χ1) is 10.3. The highest BCUT2D eigenvalue weighted by Gasteiger charge is 2.35. The zero-order valence-electron chi connectivity index (χ0n) is 11.1. The monoisotopic (exact) mass is 312 g/mol. The van der Waals surface area contributed by atoms with E-state index < -0.39 is 17.7 Å². The summed E-state index contributed by atoms with van der Waals surface area (Å²) in [4.78, 5) is 3.97. The minimum atomic E-state index is -4.53. The fraction of sp³-hybridized carbons (Fsp3) is 0.154. The molecule has 0 bridgehead atoms. The summed E-state index contributed by atoms with van der Waals surface area (Å²) >= 11 is 0. The second kappa shape index (κ2) is 4.93. The van der Waals surface area contributed by atoms with Crippen molar-refractivity contribution in [2.45, 2.75) is 6.18 Å². The van der Waals surface area contributed by atoms with Crippen LogP contribution in [0.2, 0.25) is 0 Å². The van der Waals surface area contributed by atoms with E-state index >= 15 is 0 Å². The first-order valence-corrected chi connectivity index (χ1v) is 6.06. The SMILES string of the molecule is Cn1nc(-c2nc(-c3ccc(F)cc3)no2)cc1C(F)(F)F. The van der Waals surface area contributed by atoms with E-state index in [9.17, 15) is 17.6 Å². The summed E-state index contributed by atoms with van der Waals surface area (Å²) in [7, 11) is 1.17. The predicted molar refractivity (Wildman–Crippen MR) is 66.9 cm³/mol. The molecule has 114 valence electrons. The summed E-state index contributed by atoms with van der Waals surface area (Å²) in [5, 5.41) is 7.36. The van der Waals surface area contributed by atoms with Gasteiger partial charge in [0.05, 0.1) is 0 Å². The third kappa shape index (κ3) is 2.57. The lowest BCUT2D eigenvalue weighted by molar-refractivity contribution is -0.143. The first-order valence-electron chi connectivity index (χ1n) is 6.06. The zero-order valence-corrected chi connectivity index (χ0v) is 11.1. The minimum Gasteiger partial charge on any atom is -0.332 e. The van der Waals surface area contributed by atoms with Gasteiger partial charge in [-0.1, -0.05) is 5.16 Å². The largest absolute Gasteiger partial charge is 0.433 e. The topological polar surface area (TPSA) is 56.7 Å². The molecular weight excluding hydrogens is 304 g/mol. The van der Waals surface area contributed by atoms with Crippen molar-refractivity contribution >= 4 is 0 Å². The molecule has 0 unspecified atom stereocenters. The van der Waals surface area contributed by atoms with Gasteiger partial charge < -0.3 is 4.52 Å². The highest BCUT2D eigenvalue weighted by Crippen LogP contribution is 2.31. The van der Waals surface area contributed by atoms with Gasteiger partial charge in [0.15, 0.2) is 5.69 Å². The van der Waals surface area contributed by atoms with Gasteiger partial charge in [-0.25, -0.2) is 4.39 Å². The molecule has 3 rings (SSSR count). The predicted octanol–water partition coefficient (Wildman–Crippen LogP) is 3.30. The average molecular weight is 312 g/mol. The van der Waals surface area contributed by atoms with Crippen LogP contribution in [-0.2, 0) is 13.2 Å². The number of hydrogen-bond donors (Lipinski definition) is 0. The van der Waals surface area contributed by atoms with E-state index in [4.69, 9.17) is 4.52 Å². The van der Waals surface area contributed by atoms with Crippen molar-refractivity contribution in [3.05, 3.63) is 41.8 Å². The second-order valence-electron chi connectivity index (χ2n) is 4.47. The Morgan fingerprint density at radius 1 is 1.14 bits per heavy atom. The van der Waals surface area contributed by atoms with E-state index in [1.54, 1.807) is 0 Å². The molecule has 0 N–H and O–H groups in total. The van der Waals surface area contributed by atoms with Crippen LogP contribution in [0.4, 0.5) is 17.6 Å². The number of nitrogens with zero attached hydrogens (tertiary/aromatic N) is 4. The lowest BCUT2D eigenvalue weighted by Crippen LogP contribution is -2.11. The van der Waals surface area contributed by atoms with Crippen LogP contribution in [0.3, 0.4) is 0 Å². The average Bonchev–Trinajstić information content (AvgIpc) is 3.05. The maximum absolute atomic E-state index is 12.8. The quantitative estimate of drug-likeness (QED) is 0.681. The van der Waals surface area contributed by atoms with E-state index in [0.717, 1.165) is 6.07 Å². The molecule has 0 aliphatic carbocycles. The van der Waals surface area contributed by atoms with Gasteiger partial charge in [-0.15, -0.1) is 0 Å². The molecule has 0 amide bonds. The fourth-order valence-corrected chi connectivity index (χ4v) is 1.88. The lowest BCUT2D eigenvalue weighted by atomic mass is 10.2. The summed E-state index contributed by atoms with van der Waals surface area (Å²) in [5.74, 6) is -0.438. The fourth-order valence-electron chi connectivity index (χ4n) is 1.88. The molecule has 0 saturated heterocycles. The van der Waals surface area contributed by atoms with Crippen molar-refractivity contribution in [3.8, 4) is 23.0 Å². The Hall–Kier alpha value is -2.71. The van der Waals surface area contributed by atoms with Crippen LogP contribution in [0.1, 0.15) is 5.69 Å². The Bertz CT molecular complexity index is 804. The number of halogens is 4. The Balaban J connectivity index is 1.96. The summed E-state index contributed by atoms with van der Waals surface area (Å²) in [5.41, 5.74) is -0.539. The van der Waals surface area contributed by atoms with Crippen LogP contribution in [0.15, 0.2) is 34.9 Å². The van der Waals surface area contributed by atoms with E-state index in [1.807, 2.05) is 0 Å². The third-order valence-electron chi connectivity index (χ3n) is 2.92. The van der Waals surface area contributed by atoms with Gasteiger partial charge in [0.2, 0.25) is 5.82 Å². The Labute approximate surface area is 121 Å². The van der Waals surface area contributed by atoms with Crippen LogP contribution in [0.25, 0.3) is 23.0 Å². The molecule has 0 fully saturated rings. The summed E-state index contributed by atoms with van der Waals surface area (Å²) < 4.78 is 56.6. The number of rotatable bonds is 2. The van der Waals surface area contributed by atoms with Crippen molar-refractivity contribution in [1.29, 1.82) is 0 Å². The van der Waals surface area contributed by atoms with Gasteiger partial charge in [-0.3, -0.25) is 4.68 Å². The third-order valence-corrected chi connectivity index (χ3v) is 2.92. The number of benzene rings is 1. The Morgan fingerprint density at radius 2 is 1.82 bits per heavy atom. The van der Waals surface area contributed by atoms with Gasteiger partial charge in [0, 0.05) is 18.7 Å². The first kappa shape index (κ1) is 14.2. The molecule has 1 aromatic carbocycles.